The van der Waals surface area contributed by atoms with Crippen molar-refractivity contribution < 1.29 is 14.3 Å². The zero-order valence-electron chi connectivity index (χ0n) is 18.3. The van der Waals surface area contributed by atoms with Crippen molar-refractivity contribution in [3.05, 3.63) is 103 Å². The van der Waals surface area contributed by atoms with Gasteiger partial charge in [0.15, 0.2) is 0 Å². The van der Waals surface area contributed by atoms with Crippen molar-refractivity contribution in [3.8, 4) is 11.3 Å². The molecule has 6 nitrogen and oxygen atoms in total. The monoisotopic (exact) mass is 470 g/mol. The van der Waals surface area contributed by atoms with Crippen LogP contribution in [0.15, 0.2) is 59.1 Å². The fourth-order valence-corrected chi connectivity index (χ4v) is 3.74. The summed E-state index contributed by atoms with van der Waals surface area (Å²) >= 11 is 5.78. The molecule has 0 radical (unpaired) electrons. The summed E-state index contributed by atoms with van der Waals surface area (Å²) in [5.74, 6) is -0.863. The summed E-state index contributed by atoms with van der Waals surface area (Å²) in [5, 5.41) is 10.4. The van der Waals surface area contributed by atoms with Gasteiger partial charge in [0.25, 0.3) is 5.56 Å². The summed E-state index contributed by atoms with van der Waals surface area (Å²) in [7, 11) is 0. The molecule has 0 atom stereocenters. The average molecular weight is 471 g/mol. The molecule has 0 aliphatic heterocycles. The number of nitrogens with zero attached hydrogens (tertiary/aromatic N) is 2. The maximum absolute atomic E-state index is 14.1. The average Bonchev–Trinajstić information content (AvgIpc) is 2.79. The van der Waals surface area contributed by atoms with Gasteiger partial charge in [0.2, 0.25) is 0 Å². The Balaban J connectivity index is 2.14. The van der Waals surface area contributed by atoms with Crippen LogP contribution in [0.5, 0.6) is 0 Å². The summed E-state index contributed by atoms with van der Waals surface area (Å²) in [6.45, 7) is 10.7. The molecule has 0 spiro atoms. The second kappa shape index (κ2) is 10.0. The van der Waals surface area contributed by atoms with Crippen LogP contribution in [-0.4, -0.2) is 14.5 Å². The fraction of sp³-hybridized carbons (Fsp3) is 0.200. The fourth-order valence-electron chi connectivity index (χ4n) is 3.58. The molecule has 2 aromatic carbocycles. The molecule has 0 aliphatic carbocycles. The van der Waals surface area contributed by atoms with E-state index >= 15 is 0 Å². The zero-order valence-corrected chi connectivity index (χ0v) is 19.1. The van der Waals surface area contributed by atoms with Crippen LogP contribution in [0.2, 0.25) is 5.02 Å². The summed E-state index contributed by atoms with van der Waals surface area (Å²) in [4.78, 5) is 25.6. The maximum atomic E-state index is 14.1. The molecule has 3 aromatic rings. The van der Waals surface area contributed by atoms with E-state index in [-0.39, 0.29) is 40.1 Å². The summed E-state index contributed by atoms with van der Waals surface area (Å²) < 4.78 is 20.9. The lowest BCUT2D eigenvalue weighted by molar-refractivity contribution is 0.0516. The highest BCUT2D eigenvalue weighted by Crippen LogP contribution is 2.29. The Labute approximate surface area is 195 Å². The number of aromatic nitrogens is 2. The van der Waals surface area contributed by atoms with E-state index in [9.17, 15) is 19.2 Å². The highest BCUT2D eigenvalue weighted by Gasteiger charge is 2.23. The van der Waals surface area contributed by atoms with Crippen molar-refractivity contribution in [2.24, 2.45) is 0 Å². The van der Waals surface area contributed by atoms with Crippen molar-refractivity contribution in [2.75, 3.05) is 0 Å². The van der Waals surface area contributed by atoms with Gasteiger partial charge in [-0.2, -0.15) is 0 Å². The molecule has 3 rings (SSSR count). The molecule has 0 aliphatic rings. The minimum absolute atomic E-state index is 0.0671. The van der Waals surface area contributed by atoms with Crippen LogP contribution in [0, 0.1) is 5.82 Å². The van der Waals surface area contributed by atoms with Gasteiger partial charge < -0.3 is 9.94 Å². The number of rotatable bonds is 8. The summed E-state index contributed by atoms with van der Waals surface area (Å²) in [5.41, 5.74) is 1.17. The van der Waals surface area contributed by atoms with Crippen LogP contribution < -0.4 is 11.2 Å². The Hall–Kier alpha value is -3.42. The molecule has 8 heteroatoms. The molecule has 172 valence electrons. The molecule has 0 saturated carbocycles. The first-order valence-corrected chi connectivity index (χ1v) is 10.6. The third-order valence-corrected chi connectivity index (χ3v) is 5.47. The van der Waals surface area contributed by atoms with Crippen molar-refractivity contribution in [2.45, 2.75) is 33.1 Å². The van der Waals surface area contributed by atoms with Gasteiger partial charge >= 0.3 is 5.69 Å². The van der Waals surface area contributed by atoms with Crippen LogP contribution in [-0.2, 0) is 18.1 Å². The SMILES string of the molecule is C=Cc1ccc(-c2c(C(C)C)c(=O)n(O)c(=O)n2COCc2ccc(Cl)cc2F)cc1C=C. The summed E-state index contributed by atoms with van der Waals surface area (Å²) in [6, 6.07) is 9.51. The highest BCUT2D eigenvalue weighted by molar-refractivity contribution is 6.30. The second-order valence-corrected chi connectivity index (χ2v) is 8.15. The molecule has 33 heavy (non-hydrogen) atoms. The molecule has 0 unspecified atom stereocenters. The van der Waals surface area contributed by atoms with Crippen LogP contribution in [0.3, 0.4) is 0 Å². The Morgan fingerprint density at radius 3 is 2.42 bits per heavy atom. The molecular weight excluding hydrogens is 447 g/mol. The van der Waals surface area contributed by atoms with Gasteiger partial charge in [-0.1, -0.05) is 73.7 Å². The lowest BCUT2D eigenvalue weighted by Crippen LogP contribution is -2.42. The quantitative estimate of drug-likeness (QED) is 0.454. The van der Waals surface area contributed by atoms with Gasteiger partial charge in [0.1, 0.15) is 12.5 Å². The number of halogens is 2. The first kappa shape index (κ1) is 24.2. The molecule has 0 fully saturated rings. The van der Waals surface area contributed by atoms with Crippen molar-refractivity contribution in [3.63, 3.8) is 0 Å². The standard InChI is InChI=1S/C25H24ClFN2O4/c1-5-16-7-8-18(11-17(16)6-2)23-22(15(3)4)24(30)29(32)25(31)28(23)14-33-13-19-9-10-20(26)12-21(19)27/h5-12,15,32H,1-2,13-14H2,3-4H3. The maximum Gasteiger partial charge on any atom is 0.366 e. The Morgan fingerprint density at radius 2 is 1.82 bits per heavy atom. The first-order chi connectivity index (χ1) is 15.7. The molecular formula is C25H24ClFN2O4. The van der Waals surface area contributed by atoms with E-state index in [1.54, 1.807) is 44.2 Å². The van der Waals surface area contributed by atoms with Gasteiger partial charge in [-0.3, -0.25) is 9.36 Å². The minimum atomic E-state index is -0.969. The second-order valence-electron chi connectivity index (χ2n) is 7.71. The molecule has 0 saturated heterocycles. The van der Waals surface area contributed by atoms with E-state index in [1.165, 1.54) is 18.2 Å². The van der Waals surface area contributed by atoms with Crippen molar-refractivity contribution in [1.82, 2.24) is 9.30 Å². The van der Waals surface area contributed by atoms with Gasteiger partial charge in [0.05, 0.1) is 12.3 Å². The van der Waals surface area contributed by atoms with Gasteiger partial charge in [-0.05, 0) is 40.8 Å². The molecule has 1 heterocycles. The van der Waals surface area contributed by atoms with E-state index in [2.05, 4.69) is 13.2 Å². The number of hydrogen-bond donors (Lipinski definition) is 1. The summed E-state index contributed by atoms with van der Waals surface area (Å²) in [6.07, 6.45) is 3.32. The zero-order chi connectivity index (χ0) is 24.3. The number of benzene rings is 2. The van der Waals surface area contributed by atoms with Crippen LogP contribution in [0.4, 0.5) is 4.39 Å². The Bertz CT molecular complexity index is 1340. The van der Waals surface area contributed by atoms with Crippen LogP contribution in [0.1, 0.15) is 42.0 Å². The lowest BCUT2D eigenvalue weighted by atomic mass is 9.95. The minimum Gasteiger partial charge on any atom is -0.421 e. The number of ether oxygens (including phenoxy) is 1. The van der Waals surface area contributed by atoms with Crippen molar-refractivity contribution >= 4 is 23.8 Å². The van der Waals surface area contributed by atoms with E-state index in [0.29, 0.717) is 11.3 Å². The molecule has 0 amide bonds. The van der Waals surface area contributed by atoms with Crippen LogP contribution >= 0.6 is 11.6 Å². The van der Waals surface area contributed by atoms with Gasteiger partial charge in [-0.25, -0.2) is 9.18 Å². The van der Waals surface area contributed by atoms with E-state index < -0.39 is 17.1 Å². The van der Waals surface area contributed by atoms with Crippen LogP contribution in [0.25, 0.3) is 23.4 Å². The van der Waals surface area contributed by atoms with Crippen molar-refractivity contribution in [1.29, 1.82) is 0 Å². The predicted molar refractivity (Wildman–Crippen MR) is 128 cm³/mol. The van der Waals surface area contributed by atoms with E-state index in [4.69, 9.17) is 16.3 Å². The highest BCUT2D eigenvalue weighted by atomic mass is 35.5. The normalized spacial score (nSPS) is 11.1. The Kier molecular flexibility index (Phi) is 7.36. The molecule has 1 aromatic heterocycles. The largest absolute Gasteiger partial charge is 0.421 e. The smallest absolute Gasteiger partial charge is 0.366 e. The number of hydrogen-bond acceptors (Lipinski definition) is 4. The van der Waals surface area contributed by atoms with E-state index in [1.807, 2.05) is 0 Å². The lowest BCUT2D eigenvalue weighted by Gasteiger charge is -2.20. The topological polar surface area (TPSA) is 73.5 Å². The molecule has 1 N–H and O–H groups in total. The third-order valence-electron chi connectivity index (χ3n) is 5.23. The van der Waals surface area contributed by atoms with E-state index in [0.717, 1.165) is 15.7 Å². The predicted octanol–water partition coefficient (Wildman–Crippen LogP) is 5.29. The van der Waals surface area contributed by atoms with Gasteiger partial charge in [-0.15, -0.1) is 0 Å². The first-order valence-electron chi connectivity index (χ1n) is 10.2. The van der Waals surface area contributed by atoms with Gasteiger partial charge in [0, 0.05) is 16.1 Å². The Morgan fingerprint density at radius 1 is 1.12 bits per heavy atom. The molecule has 0 bridgehead atoms. The third kappa shape index (κ3) is 4.84.